The molecule has 0 saturated carbocycles. The van der Waals surface area contributed by atoms with E-state index in [-0.39, 0.29) is 5.92 Å². The van der Waals surface area contributed by atoms with Crippen molar-refractivity contribution in [3.8, 4) is 11.5 Å². The lowest BCUT2D eigenvalue weighted by atomic mass is 10.1. The van der Waals surface area contributed by atoms with Crippen molar-refractivity contribution in [2.24, 2.45) is 5.92 Å². The van der Waals surface area contributed by atoms with Gasteiger partial charge in [-0.1, -0.05) is 11.6 Å². The van der Waals surface area contributed by atoms with Crippen LogP contribution >= 0.6 is 11.6 Å². The Morgan fingerprint density at radius 1 is 1.45 bits per heavy atom. The van der Waals surface area contributed by atoms with Gasteiger partial charge in [0.15, 0.2) is 11.5 Å². The van der Waals surface area contributed by atoms with Gasteiger partial charge in [-0.05, 0) is 30.7 Å². The van der Waals surface area contributed by atoms with Crippen LogP contribution in [0, 0.1) is 5.92 Å². The lowest BCUT2D eigenvalue weighted by molar-refractivity contribution is -0.141. The topological polar surface area (TPSA) is 59.0 Å². The molecule has 1 saturated heterocycles. The number of carbonyl (C=O) groups is 1. The molecule has 2 rings (SSSR count). The van der Waals surface area contributed by atoms with Crippen molar-refractivity contribution in [3.63, 3.8) is 0 Å². The summed E-state index contributed by atoms with van der Waals surface area (Å²) in [5.74, 6) is 0.107. The zero-order valence-electron chi connectivity index (χ0n) is 11.6. The third kappa shape index (κ3) is 3.16. The van der Waals surface area contributed by atoms with Gasteiger partial charge in [0.2, 0.25) is 0 Å². The molecule has 1 unspecified atom stereocenters. The second-order valence-electron chi connectivity index (χ2n) is 4.87. The first-order valence-electron chi connectivity index (χ1n) is 6.40. The van der Waals surface area contributed by atoms with Gasteiger partial charge >= 0.3 is 5.97 Å². The first-order chi connectivity index (χ1) is 9.55. The summed E-state index contributed by atoms with van der Waals surface area (Å²) in [5, 5.41) is 9.50. The number of carboxylic acids is 1. The van der Waals surface area contributed by atoms with Crippen molar-refractivity contribution in [1.29, 1.82) is 0 Å². The average molecular weight is 300 g/mol. The highest BCUT2D eigenvalue weighted by Gasteiger charge is 2.28. The van der Waals surface area contributed by atoms with Crippen LogP contribution in [-0.4, -0.2) is 43.3 Å². The summed E-state index contributed by atoms with van der Waals surface area (Å²) in [7, 11) is 3.11. The molecule has 1 heterocycles. The lowest BCUT2D eigenvalue weighted by Gasteiger charge is -2.17. The minimum atomic E-state index is -0.724. The van der Waals surface area contributed by atoms with Gasteiger partial charge < -0.3 is 14.6 Å². The fourth-order valence-electron chi connectivity index (χ4n) is 2.50. The molecule has 6 heteroatoms. The Hall–Kier alpha value is -1.46. The monoisotopic (exact) mass is 299 g/mol. The zero-order chi connectivity index (χ0) is 14.7. The molecule has 0 aliphatic carbocycles. The SMILES string of the molecule is COc1cc(CN2CCC(C(=O)O)C2)cc(Cl)c1OC. The number of likely N-dealkylation sites (tertiary alicyclic amines) is 1. The molecule has 1 aromatic rings. The highest BCUT2D eigenvalue weighted by Crippen LogP contribution is 2.36. The van der Waals surface area contributed by atoms with Crippen LogP contribution in [0.25, 0.3) is 0 Å². The van der Waals surface area contributed by atoms with Gasteiger partial charge in [0.25, 0.3) is 0 Å². The average Bonchev–Trinajstić information content (AvgIpc) is 2.86. The third-order valence-electron chi connectivity index (χ3n) is 3.52. The molecule has 5 nitrogen and oxygen atoms in total. The number of hydrogen-bond donors (Lipinski definition) is 1. The van der Waals surface area contributed by atoms with Crippen LogP contribution in [0.2, 0.25) is 5.02 Å². The van der Waals surface area contributed by atoms with E-state index in [9.17, 15) is 4.79 Å². The molecule has 0 amide bonds. The van der Waals surface area contributed by atoms with E-state index < -0.39 is 5.97 Å². The fraction of sp³-hybridized carbons (Fsp3) is 0.500. The summed E-state index contributed by atoms with van der Waals surface area (Å²) >= 11 is 6.16. The third-order valence-corrected chi connectivity index (χ3v) is 3.80. The molecule has 1 aromatic carbocycles. The predicted octanol–water partition coefficient (Wildman–Crippen LogP) is 2.26. The number of aliphatic carboxylic acids is 1. The minimum absolute atomic E-state index is 0.273. The first kappa shape index (κ1) is 14.9. The molecule has 0 bridgehead atoms. The lowest BCUT2D eigenvalue weighted by Crippen LogP contribution is -2.22. The van der Waals surface area contributed by atoms with Crippen LogP contribution in [0.5, 0.6) is 11.5 Å². The number of methoxy groups -OCH3 is 2. The number of benzene rings is 1. The Kier molecular flexibility index (Phi) is 4.73. The summed E-state index contributed by atoms with van der Waals surface area (Å²) in [6, 6.07) is 3.70. The van der Waals surface area contributed by atoms with Crippen LogP contribution < -0.4 is 9.47 Å². The van der Waals surface area contributed by atoms with E-state index in [4.69, 9.17) is 26.2 Å². The molecule has 0 radical (unpaired) electrons. The van der Waals surface area contributed by atoms with Crippen molar-refractivity contribution >= 4 is 17.6 Å². The van der Waals surface area contributed by atoms with E-state index >= 15 is 0 Å². The minimum Gasteiger partial charge on any atom is -0.493 e. The number of hydrogen-bond acceptors (Lipinski definition) is 4. The number of carboxylic acid groups (broad SMARTS) is 1. The van der Waals surface area contributed by atoms with E-state index in [0.717, 1.165) is 12.1 Å². The molecule has 1 N–H and O–H groups in total. The fourth-order valence-corrected chi connectivity index (χ4v) is 2.81. The van der Waals surface area contributed by atoms with Gasteiger partial charge in [-0.2, -0.15) is 0 Å². The Bertz CT molecular complexity index is 506. The quantitative estimate of drug-likeness (QED) is 0.904. The van der Waals surface area contributed by atoms with Crippen LogP contribution in [0.3, 0.4) is 0 Å². The maximum absolute atomic E-state index is 11.0. The van der Waals surface area contributed by atoms with Crippen LogP contribution in [0.1, 0.15) is 12.0 Å². The van der Waals surface area contributed by atoms with Gasteiger partial charge in [-0.25, -0.2) is 0 Å². The van der Waals surface area contributed by atoms with Crippen LogP contribution in [-0.2, 0) is 11.3 Å². The van der Waals surface area contributed by atoms with Crippen molar-refractivity contribution in [2.75, 3.05) is 27.3 Å². The normalized spacial score (nSPS) is 19.1. The van der Waals surface area contributed by atoms with E-state index in [1.807, 2.05) is 12.1 Å². The van der Waals surface area contributed by atoms with Gasteiger partial charge in [0.05, 0.1) is 25.2 Å². The summed E-state index contributed by atoms with van der Waals surface area (Å²) in [4.78, 5) is 13.1. The first-order valence-corrected chi connectivity index (χ1v) is 6.78. The molecular weight excluding hydrogens is 282 g/mol. The van der Waals surface area contributed by atoms with Crippen LogP contribution in [0.15, 0.2) is 12.1 Å². The largest absolute Gasteiger partial charge is 0.493 e. The highest BCUT2D eigenvalue weighted by atomic mass is 35.5. The van der Waals surface area contributed by atoms with E-state index in [1.165, 1.54) is 0 Å². The Labute approximate surface area is 123 Å². The standard InChI is InChI=1S/C14H18ClNO4/c1-19-12-6-9(5-11(15)13(12)20-2)7-16-4-3-10(8-16)14(17)18/h5-6,10H,3-4,7-8H2,1-2H3,(H,17,18). The number of rotatable bonds is 5. The number of halogens is 1. The summed E-state index contributed by atoms with van der Waals surface area (Å²) < 4.78 is 10.5. The van der Waals surface area contributed by atoms with Gasteiger partial charge in [0.1, 0.15) is 0 Å². The summed E-state index contributed by atoms with van der Waals surface area (Å²) in [6.07, 6.45) is 0.691. The maximum atomic E-state index is 11.0. The number of nitrogens with zero attached hydrogens (tertiary/aromatic N) is 1. The Morgan fingerprint density at radius 3 is 2.75 bits per heavy atom. The maximum Gasteiger partial charge on any atom is 0.307 e. The van der Waals surface area contributed by atoms with E-state index in [1.54, 1.807) is 14.2 Å². The highest BCUT2D eigenvalue weighted by molar-refractivity contribution is 6.32. The second kappa shape index (κ2) is 6.33. The molecule has 1 atom stereocenters. The molecule has 1 aliphatic rings. The second-order valence-corrected chi connectivity index (χ2v) is 5.28. The molecular formula is C14H18ClNO4. The number of ether oxygens (including phenoxy) is 2. The van der Waals surface area contributed by atoms with E-state index in [0.29, 0.717) is 36.0 Å². The zero-order valence-corrected chi connectivity index (χ0v) is 12.3. The van der Waals surface area contributed by atoms with Crippen molar-refractivity contribution in [2.45, 2.75) is 13.0 Å². The molecule has 0 aromatic heterocycles. The van der Waals surface area contributed by atoms with Gasteiger partial charge in [-0.3, -0.25) is 9.69 Å². The predicted molar refractivity (Wildman–Crippen MR) is 75.6 cm³/mol. The van der Waals surface area contributed by atoms with Crippen molar-refractivity contribution in [3.05, 3.63) is 22.7 Å². The van der Waals surface area contributed by atoms with Crippen molar-refractivity contribution in [1.82, 2.24) is 4.90 Å². The smallest absolute Gasteiger partial charge is 0.307 e. The molecule has 110 valence electrons. The Morgan fingerprint density at radius 2 is 2.20 bits per heavy atom. The van der Waals surface area contributed by atoms with Crippen LogP contribution in [0.4, 0.5) is 0 Å². The van der Waals surface area contributed by atoms with Gasteiger partial charge in [0, 0.05) is 13.1 Å². The Balaban J connectivity index is 2.11. The molecule has 1 aliphatic heterocycles. The summed E-state index contributed by atoms with van der Waals surface area (Å²) in [5.41, 5.74) is 0.985. The van der Waals surface area contributed by atoms with Gasteiger partial charge in [-0.15, -0.1) is 0 Å². The molecule has 1 fully saturated rings. The van der Waals surface area contributed by atoms with Crippen molar-refractivity contribution < 1.29 is 19.4 Å². The molecule has 20 heavy (non-hydrogen) atoms. The molecule has 0 spiro atoms. The summed E-state index contributed by atoms with van der Waals surface area (Å²) in [6.45, 7) is 2.01. The van der Waals surface area contributed by atoms with E-state index in [2.05, 4.69) is 4.90 Å².